The maximum absolute atomic E-state index is 12.2. The van der Waals surface area contributed by atoms with Crippen LogP contribution in [0.15, 0.2) is 18.5 Å². The highest BCUT2D eigenvalue weighted by atomic mass is 19.1. The van der Waals surface area contributed by atoms with Crippen molar-refractivity contribution in [3.05, 3.63) is 35.0 Å². The lowest BCUT2D eigenvalue weighted by Gasteiger charge is -1.94. The molecule has 0 fully saturated rings. The molecule has 0 atom stereocenters. The van der Waals surface area contributed by atoms with Gasteiger partial charge in [-0.1, -0.05) is 0 Å². The first-order valence-electron chi connectivity index (χ1n) is 2.54. The summed E-state index contributed by atoms with van der Waals surface area (Å²) in [6.07, 6.45) is 2.19. The van der Waals surface area contributed by atoms with Gasteiger partial charge in [0.2, 0.25) is 6.20 Å². The van der Waals surface area contributed by atoms with E-state index in [-0.39, 0.29) is 0 Å². The molecule has 1 aromatic rings. The first kappa shape index (κ1) is 6.01. The molecule has 0 spiro atoms. The zero-order valence-electron chi connectivity index (χ0n) is 4.97. The summed E-state index contributed by atoms with van der Waals surface area (Å²) in [4.78, 5) is 0. The number of aryl methyl sites for hydroxylation is 1. The van der Waals surface area contributed by atoms with Gasteiger partial charge in [-0.3, -0.25) is 0 Å². The molecule has 1 heterocycles. The zero-order chi connectivity index (χ0) is 6.85. The molecule has 0 saturated carbocycles. The van der Waals surface area contributed by atoms with Crippen molar-refractivity contribution in [1.82, 2.24) is 0 Å². The summed E-state index contributed by atoms with van der Waals surface area (Å²) in [7, 11) is 0. The minimum absolute atomic E-state index is 0.449. The summed E-state index contributed by atoms with van der Waals surface area (Å²) >= 11 is 0. The van der Waals surface area contributed by atoms with E-state index in [0.29, 0.717) is 10.3 Å². The number of nitrogens with zero attached hydrogens (tertiary/aromatic N) is 1. The molecule has 1 rings (SSSR count). The summed E-state index contributed by atoms with van der Waals surface area (Å²) in [6, 6.07) is 1.30. The fraction of sp³-hybridized carbons (Fsp3) is 0.167. The molecule has 0 aliphatic carbocycles. The van der Waals surface area contributed by atoms with Gasteiger partial charge in [0.1, 0.15) is 0 Å². The van der Waals surface area contributed by atoms with E-state index in [1.165, 1.54) is 12.3 Å². The summed E-state index contributed by atoms with van der Waals surface area (Å²) in [5, 5.41) is 10.4. The Bertz CT molecular complexity index is 174. The lowest BCUT2D eigenvalue weighted by atomic mass is 10.3. The molecule has 0 aliphatic rings. The predicted molar refractivity (Wildman–Crippen MR) is 30.1 cm³/mol. The summed E-state index contributed by atoms with van der Waals surface area (Å²) in [5.74, 6) is -0.495. The van der Waals surface area contributed by atoms with Crippen LogP contribution in [0.5, 0.6) is 0 Å². The molecule has 0 aromatic carbocycles. The topological polar surface area (TPSA) is 26.9 Å². The Morgan fingerprint density at radius 2 is 2.22 bits per heavy atom. The Morgan fingerprint density at radius 1 is 1.56 bits per heavy atom. The molecule has 3 heteroatoms. The largest absolute Gasteiger partial charge is 0.619 e. The van der Waals surface area contributed by atoms with E-state index in [9.17, 15) is 9.60 Å². The van der Waals surface area contributed by atoms with Crippen LogP contribution in [0.25, 0.3) is 0 Å². The van der Waals surface area contributed by atoms with Crippen LogP contribution < -0.4 is 4.73 Å². The van der Waals surface area contributed by atoms with E-state index in [4.69, 9.17) is 0 Å². The Morgan fingerprint density at radius 3 is 2.67 bits per heavy atom. The Hall–Kier alpha value is -1.12. The van der Waals surface area contributed by atoms with E-state index < -0.39 is 5.82 Å². The third-order valence-electron chi connectivity index (χ3n) is 0.947. The Kier molecular flexibility index (Phi) is 1.34. The molecule has 0 radical (unpaired) electrons. The second kappa shape index (κ2) is 2.01. The number of hydrogen-bond acceptors (Lipinski definition) is 1. The van der Waals surface area contributed by atoms with Gasteiger partial charge in [0.15, 0.2) is 12.0 Å². The maximum Gasteiger partial charge on any atom is 0.216 e. The average molecular weight is 127 g/mol. The van der Waals surface area contributed by atoms with Gasteiger partial charge in [-0.15, -0.1) is 0 Å². The van der Waals surface area contributed by atoms with E-state index in [0.717, 1.165) is 6.20 Å². The molecule has 0 aliphatic heterocycles. The van der Waals surface area contributed by atoms with E-state index in [1.807, 2.05) is 0 Å². The standard InChI is InChI=1S/C6H6FNO/c1-5-2-6(7)4-8(9)3-5/h2-4H,1H3. The maximum atomic E-state index is 12.2. The minimum Gasteiger partial charge on any atom is -0.619 e. The van der Waals surface area contributed by atoms with Crippen LogP contribution in [0.1, 0.15) is 5.56 Å². The lowest BCUT2D eigenvalue weighted by Crippen LogP contribution is -2.25. The number of rotatable bonds is 0. The number of pyridine rings is 1. The van der Waals surface area contributed by atoms with Crippen molar-refractivity contribution in [3.63, 3.8) is 0 Å². The highest BCUT2D eigenvalue weighted by molar-refractivity contribution is 5.03. The quantitative estimate of drug-likeness (QED) is 0.373. The van der Waals surface area contributed by atoms with Crippen molar-refractivity contribution in [3.8, 4) is 0 Å². The zero-order valence-corrected chi connectivity index (χ0v) is 4.97. The predicted octanol–water partition coefficient (Wildman–Crippen LogP) is 0.768. The molecule has 2 nitrogen and oxygen atoms in total. The molecule has 0 unspecified atom stereocenters. The fourth-order valence-electron chi connectivity index (χ4n) is 0.652. The van der Waals surface area contributed by atoms with Crippen LogP contribution in [0, 0.1) is 17.9 Å². The first-order chi connectivity index (χ1) is 4.18. The van der Waals surface area contributed by atoms with Crippen molar-refractivity contribution in [2.24, 2.45) is 0 Å². The molecule has 48 valence electrons. The second-order valence-electron chi connectivity index (χ2n) is 1.89. The van der Waals surface area contributed by atoms with E-state index >= 15 is 0 Å². The summed E-state index contributed by atoms with van der Waals surface area (Å²) < 4.78 is 12.7. The Balaban J connectivity index is 3.17. The molecule has 1 aromatic heterocycles. The summed E-state index contributed by atoms with van der Waals surface area (Å²) in [5.41, 5.74) is 0.630. The third-order valence-corrected chi connectivity index (χ3v) is 0.947. The first-order valence-corrected chi connectivity index (χ1v) is 2.54. The monoisotopic (exact) mass is 127 g/mol. The molecule has 0 saturated heterocycles. The van der Waals surface area contributed by atoms with Crippen LogP contribution in [0.4, 0.5) is 4.39 Å². The molecule has 9 heavy (non-hydrogen) atoms. The van der Waals surface area contributed by atoms with Gasteiger partial charge in [0.05, 0.1) is 0 Å². The minimum atomic E-state index is -0.495. The lowest BCUT2D eigenvalue weighted by molar-refractivity contribution is -0.607. The van der Waals surface area contributed by atoms with Gasteiger partial charge in [-0.25, -0.2) is 4.39 Å². The highest BCUT2D eigenvalue weighted by Crippen LogP contribution is 1.95. The van der Waals surface area contributed by atoms with Crippen molar-refractivity contribution < 1.29 is 9.12 Å². The highest BCUT2D eigenvalue weighted by Gasteiger charge is 1.96. The SMILES string of the molecule is Cc1cc(F)c[n+]([O-])c1. The molecular formula is C6H6FNO. The average Bonchev–Trinajstić information content (AvgIpc) is 1.59. The normalized spacial score (nSPS) is 9.56. The number of hydrogen-bond donors (Lipinski definition) is 0. The molecular weight excluding hydrogens is 121 g/mol. The van der Waals surface area contributed by atoms with Crippen LogP contribution >= 0.6 is 0 Å². The number of aromatic nitrogens is 1. The van der Waals surface area contributed by atoms with Gasteiger partial charge in [0, 0.05) is 5.56 Å². The van der Waals surface area contributed by atoms with Crippen LogP contribution in [-0.2, 0) is 0 Å². The van der Waals surface area contributed by atoms with E-state index in [1.54, 1.807) is 6.92 Å². The van der Waals surface area contributed by atoms with Crippen molar-refractivity contribution in [2.75, 3.05) is 0 Å². The van der Waals surface area contributed by atoms with Gasteiger partial charge in [0.25, 0.3) is 0 Å². The van der Waals surface area contributed by atoms with Crippen molar-refractivity contribution >= 4 is 0 Å². The smallest absolute Gasteiger partial charge is 0.216 e. The number of halogens is 1. The van der Waals surface area contributed by atoms with Gasteiger partial charge in [-0.2, -0.15) is 4.73 Å². The third kappa shape index (κ3) is 1.38. The van der Waals surface area contributed by atoms with Crippen molar-refractivity contribution in [2.45, 2.75) is 6.92 Å². The summed E-state index contributed by atoms with van der Waals surface area (Å²) in [6.45, 7) is 1.66. The molecule has 0 N–H and O–H groups in total. The van der Waals surface area contributed by atoms with Gasteiger partial charge in [-0.05, 0) is 13.0 Å². The van der Waals surface area contributed by atoms with Gasteiger partial charge < -0.3 is 5.21 Å². The van der Waals surface area contributed by atoms with Crippen molar-refractivity contribution in [1.29, 1.82) is 0 Å². The van der Waals surface area contributed by atoms with Crippen LogP contribution in [-0.4, -0.2) is 0 Å². The molecule has 0 amide bonds. The molecule has 0 bridgehead atoms. The van der Waals surface area contributed by atoms with E-state index in [2.05, 4.69) is 0 Å². The van der Waals surface area contributed by atoms with Crippen LogP contribution in [0.3, 0.4) is 0 Å². The fourth-order valence-corrected chi connectivity index (χ4v) is 0.652. The second-order valence-corrected chi connectivity index (χ2v) is 1.89. The van der Waals surface area contributed by atoms with Crippen LogP contribution in [0.2, 0.25) is 0 Å². The Labute approximate surface area is 52.1 Å². The van der Waals surface area contributed by atoms with Gasteiger partial charge >= 0.3 is 0 Å².